The highest BCUT2D eigenvalue weighted by atomic mass is 32.2. The highest BCUT2D eigenvalue weighted by molar-refractivity contribution is 7.90. The number of hydrogen-bond donors (Lipinski definition) is 0. The molecule has 0 aliphatic carbocycles. The normalized spacial score (nSPS) is 11.2. The average molecular weight is 200 g/mol. The third-order valence-corrected chi connectivity index (χ3v) is 2.37. The maximum Gasteiger partial charge on any atom is 0.150 e. The molecule has 0 aromatic heterocycles. The molecule has 0 spiro atoms. The van der Waals surface area contributed by atoms with Crippen LogP contribution in [0.25, 0.3) is 0 Å². The molecule has 0 aliphatic heterocycles. The lowest BCUT2D eigenvalue weighted by Crippen LogP contribution is -2.11. The number of sulfone groups is 1. The van der Waals surface area contributed by atoms with Crippen LogP contribution in [-0.2, 0) is 9.84 Å². The maximum atomic E-state index is 10.7. The zero-order chi connectivity index (χ0) is 9.73. The highest BCUT2D eigenvalue weighted by Crippen LogP contribution is 2.07. The van der Waals surface area contributed by atoms with Crippen molar-refractivity contribution in [2.24, 2.45) is 0 Å². The summed E-state index contributed by atoms with van der Waals surface area (Å²) in [6.07, 6.45) is 1.20. The predicted octanol–water partition coefficient (Wildman–Crippen LogP) is 1.11. The zero-order valence-electron chi connectivity index (χ0n) is 7.43. The van der Waals surface area contributed by atoms with Crippen molar-refractivity contribution in [1.29, 1.82) is 0 Å². The molecular formula is C9H12O3S. The Morgan fingerprint density at radius 3 is 2.38 bits per heavy atom. The molecule has 72 valence electrons. The van der Waals surface area contributed by atoms with Gasteiger partial charge in [0.1, 0.15) is 12.4 Å². The standard InChI is InChI=1S/C9H12O3S/c1-13(10,11)8-7-12-9-5-3-2-4-6-9/h2-6H,7-8H2,1H3. The van der Waals surface area contributed by atoms with Crippen LogP contribution in [0.15, 0.2) is 30.3 Å². The molecule has 1 aromatic rings. The molecule has 0 atom stereocenters. The molecule has 0 heterocycles. The Morgan fingerprint density at radius 1 is 1.23 bits per heavy atom. The van der Waals surface area contributed by atoms with E-state index in [1.807, 2.05) is 18.2 Å². The molecule has 0 bridgehead atoms. The summed E-state index contributed by atoms with van der Waals surface area (Å²) in [4.78, 5) is 0. The smallest absolute Gasteiger partial charge is 0.150 e. The number of para-hydroxylation sites is 1. The first-order valence-corrected chi connectivity index (χ1v) is 5.99. The van der Waals surface area contributed by atoms with Gasteiger partial charge in [-0.15, -0.1) is 0 Å². The number of rotatable bonds is 4. The Morgan fingerprint density at radius 2 is 1.85 bits per heavy atom. The minimum atomic E-state index is -2.92. The van der Waals surface area contributed by atoms with Crippen LogP contribution in [0.2, 0.25) is 0 Å². The molecule has 0 saturated heterocycles. The van der Waals surface area contributed by atoms with Gasteiger partial charge in [0.25, 0.3) is 0 Å². The second-order valence-corrected chi connectivity index (χ2v) is 5.05. The molecule has 0 N–H and O–H groups in total. The lowest BCUT2D eigenvalue weighted by molar-refractivity contribution is 0.341. The van der Waals surface area contributed by atoms with Crippen LogP contribution in [0.4, 0.5) is 0 Å². The van der Waals surface area contributed by atoms with E-state index in [2.05, 4.69) is 0 Å². The Labute approximate surface area is 78.3 Å². The van der Waals surface area contributed by atoms with Crippen molar-refractivity contribution in [3.63, 3.8) is 0 Å². The van der Waals surface area contributed by atoms with E-state index in [4.69, 9.17) is 4.74 Å². The van der Waals surface area contributed by atoms with Gasteiger partial charge < -0.3 is 4.74 Å². The molecular weight excluding hydrogens is 188 g/mol. The van der Waals surface area contributed by atoms with Gasteiger partial charge >= 0.3 is 0 Å². The molecule has 1 aromatic carbocycles. The summed E-state index contributed by atoms with van der Waals surface area (Å²) in [7, 11) is -2.92. The van der Waals surface area contributed by atoms with Crippen LogP contribution in [0, 0.1) is 0 Å². The van der Waals surface area contributed by atoms with E-state index in [1.54, 1.807) is 12.1 Å². The van der Waals surface area contributed by atoms with Crippen molar-refractivity contribution >= 4 is 9.84 Å². The summed E-state index contributed by atoms with van der Waals surface area (Å²) >= 11 is 0. The number of benzene rings is 1. The van der Waals surface area contributed by atoms with Crippen molar-refractivity contribution in [3.8, 4) is 5.75 Å². The van der Waals surface area contributed by atoms with Crippen molar-refractivity contribution in [2.75, 3.05) is 18.6 Å². The SMILES string of the molecule is CS(=O)(=O)CCOc1ccccc1. The maximum absolute atomic E-state index is 10.7. The first kappa shape index (κ1) is 10.1. The molecule has 0 radical (unpaired) electrons. The number of ether oxygens (including phenoxy) is 1. The fourth-order valence-electron chi connectivity index (χ4n) is 0.828. The molecule has 1 rings (SSSR count). The van der Waals surface area contributed by atoms with Crippen LogP contribution in [0.5, 0.6) is 5.75 Å². The van der Waals surface area contributed by atoms with Crippen molar-refractivity contribution in [2.45, 2.75) is 0 Å². The zero-order valence-corrected chi connectivity index (χ0v) is 8.25. The van der Waals surface area contributed by atoms with Gasteiger partial charge in [0.2, 0.25) is 0 Å². The van der Waals surface area contributed by atoms with Gasteiger partial charge in [-0.25, -0.2) is 8.42 Å². The second-order valence-electron chi connectivity index (χ2n) is 2.79. The fourth-order valence-corrected chi connectivity index (χ4v) is 1.21. The van der Waals surface area contributed by atoms with Gasteiger partial charge in [-0.3, -0.25) is 0 Å². The molecule has 0 amide bonds. The van der Waals surface area contributed by atoms with Gasteiger partial charge in [-0.1, -0.05) is 18.2 Å². The van der Waals surface area contributed by atoms with Gasteiger partial charge in [0.05, 0.1) is 5.75 Å². The topological polar surface area (TPSA) is 43.4 Å². The van der Waals surface area contributed by atoms with Crippen molar-refractivity contribution in [3.05, 3.63) is 30.3 Å². The average Bonchev–Trinajstić information content (AvgIpc) is 2.04. The van der Waals surface area contributed by atoms with E-state index >= 15 is 0 Å². The van der Waals surface area contributed by atoms with Gasteiger partial charge in [-0.2, -0.15) is 0 Å². The molecule has 13 heavy (non-hydrogen) atoms. The second kappa shape index (κ2) is 4.28. The molecule has 3 nitrogen and oxygen atoms in total. The Balaban J connectivity index is 2.37. The quantitative estimate of drug-likeness (QED) is 0.731. The molecule has 0 fully saturated rings. The van der Waals surface area contributed by atoms with Gasteiger partial charge in [0.15, 0.2) is 9.84 Å². The monoisotopic (exact) mass is 200 g/mol. The summed E-state index contributed by atoms with van der Waals surface area (Å²) in [5.74, 6) is 0.758. The summed E-state index contributed by atoms with van der Waals surface area (Å²) in [5, 5.41) is 0. The third kappa shape index (κ3) is 4.52. The molecule has 0 aliphatic rings. The molecule has 4 heteroatoms. The fraction of sp³-hybridized carbons (Fsp3) is 0.333. The van der Waals surface area contributed by atoms with E-state index in [0.29, 0.717) is 5.75 Å². The lowest BCUT2D eigenvalue weighted by atomic mass is 10.3. The molecule has 0 saturated carbocycles. The lowest BCUT2D eigenvalue weighted by Gasteiger charge is -2.03. The predicted molar refractivity (Wildman–Crippen MR) is 51.6 cm³/mol. The number of hydrogen-bond acceptors (Lipinski definition) is 3. The van der Waals surface area contributed by atoms with E-state index in [0.717, 1.165) is 0 Å². The first-order chi connectivity index (χ1) is 6.08. The van der Waals surface area contributed by atoms with Crippen LogP contribution >= 0.6 is 0 Å². The summed E-state index contributed by atoms with van der Waals surface area (Å²) in [6, 6.07) is 9.15. The van der Waals surface area contributed by atoms with Crippen LogP contribution < -0.4 is 4.74 Å². The Hall–Kier alpha value is -1.03. The van der Waals surface area contributed by atoms with E-state index in [-0.39, 0.29) is 12.4 Å². The van der Waals surface area contributed by atoms with E-state index in [1.165, 1.54) is 6.26 Å². The van der Waals surface area contributed by atoms with Gasteiger partial charge in [-0.05, 0) is 12.1 Å². The van der Waals surface area contributed by atoms with Crippen LogP contribution in [0.1, 0.15) is 0 Å². The van der Waals surface area contributed by atoms with E-state index in [9.17, 15) is 8.42 Å². The van der Waals surface area contributed by atoms with Gasteiger partial charge in [0, 0.05) is 6.26 Å². The third-order valence-electron chi connectivity index (χ3n) is 1.47. The van der Waals surface area contributed by atoms with E-state index < -0.39 is 9.84 Å². The summed E-state index contributed by atoms with van der Waals surface area (Å²) < 4.78 is 26.7. The minimum Gasteiger partial charge on any atom is -0.493 e. The first-order valence-electron chi connectivity index (χ1n) is 3.93. The van der Waals surface area contributed by atoms with Crippen LogP contribution in [-0.4, -0.2) is 27.0 Å². The molecule has 0 unspecified atom stereocenters. The van der Waals surface area contributed by atoms with Crippen molar-refractivity contribution in [1.82, 2.24) is 0 Å². The van der Waals surface area contributed by atoms with Crippen molar-refractivity contribution < 1.29 is 13.2 Å². The van der Waals surface area contributed by atoms with Crippen LogP contribution in [0.3, 0.4) is 0 Å². The summed E-state index contributed by atoms with van der Waals surface area (Å²) in [5.41, 5.74) is 0. The minimum absolute atomic E-state index is 0.0574. The largest absolute Gasteiger partial charge is 0.493 e. The summed E-state index contributed by atoms with van der Waals surface area (Å²) in [6.45, 7) is 0.211. The Bertz CT molecular complexity index is 342. The highest BCUT2D eigenvalue weighted by Gasteiger charge is 2.01. The Kier molecular flexibility index (Phi) is 3.31.